The first kappa shape index (κ1) is 19.2. The van der Waals surface area contributed by atoms with E-state index in [1.54, 1.807) is 6.20 Å². The summed E-state index contributed by atoms with van der Waals surface area (Å²) in [6.07, 6.45) is 7.58. The molecule has 0 saturated heterocycles. The smallest absolute Gasteiger partial charge is 0.161 e. The van der Waals surface area contributed by atoms with Gasteiger partial charge in [-0.05, 0) is 30.0 Å². The van der Waals surface area contributed by atoms with Gasteiger partial charge in [-0.1, -0.05) is 32.0 Å². The molecule has 0 amide bonds. The van der Waals surface area contributed by atoms with Crippen molar-refractivity contribution in [3.8, 4) is 11.3 Å². The van der Waals surface area contributed by atoms with E-state index in [4.69, 9.17) is 4.98 Å². The van der Waals surface area contributed by atoms with Crippen molar-refractivity contribution in [2.24, 2.45) is 0 Å². The van der Waals surface area contributed by atoms with Gasteiger partial charge >= 0.3 is 0 Å². The molecule has 0 aliphatic rings. The van der Waals surface area contributed by atoms with Crippen LogP contribution >= 0.6 is 0 Å². The minimum Gasteiger partial charge on any atom is -0.370 e. The number of para-hydroxylation sites is 1. The number of hydrogen-bond donors (Lipinski definition) is 2. The predicted molar refractivity (Wildman–Crippen MR) is 121 cm³/mol. The molecule has 156 valence electrons. The van der Waals surface area contributed by atoms with E-state index in [0.29, 0.717) is 11.3 Å². The Morgan fingerprint density at radius 3 is 2.84 bits per heavy atom. The molecule has 0 bridgehead atoms. The van der Waals surface area contributed by atoms with Gasteiger partial charge in [0.15, 0.2) is 5.65 Å². The molecule has 0 saturated carbocycles. The van der Waals surface area contributed by atoms with Crippen LogP contribution in [-0.4, -0.2) is 31.1 Å². The molecular formula is C24H23FN6. The monoisotopic (exact) mass is 414 g/mol. The predicted octanol–water partition coefficient (Wildman–Crippen LogP) is 5.19. The van der Waals surface area contributed by atoms with Crippen LogP contribution in [0.1, 0.15) is 30.9 Å². The number of nitrogens with zero attached hydrogens (tertiary/aromatic N) is 4. The van der Waals surface area contributed by atoms with Crippen molar-refractivity contribution in [3.05, 3.63) is 78.1 Å². The topological polar surface area (TPSA) is 70.9 Å². The van der Waals surface area contributed by atoms with Gasteiger partial charge in [-0.2, -0.15) is 9.61 Å². The fourth-order valence-corrected chi connectivity index (χ4v) is 3.88. The number of hydrogen-bond acceptors (Lipinski definition) is 4. The molecule has 5 rings (SSSR count). The summed E-state index contributed by atoms with van der Waals surface area (Å²) in [5.74, 6) is 0.701. The largest absolute Gasteiger partial charge is 0.370 e. The zero-order valence-electron chi connectivity index (χ0n) is 17.4. The number of H-pyrrole nitrogens is 1. The first-order chi connectivity index (χ1) is 15.1. The number of aromatic nitrogens is 5. The number of benzene rings is 1. The fourth-order valence-electron chi connectivity index (χ4n) is 3.88. The molecule has 0 radical (unpaired) electrons. The first-order valence-corrected chi connectivity index (χ1v) is 10.4. The Balaban J connectivity index is 1.49. The lowest BCUT2D eigenvalue weighted by Gasteiger charge is -2.12. The third kappa shape index (κ3) is 3.63. The summed E-state index contributed by atoms with van der Waals surface area (Å²) in [7, 11) is 0. The fraction of sp³-hybridized carbons (Fsp3) is 0.208. The molecular weight excluding hydrogens is 391 g/mol. The minimum absolute atomic E-state index is 0.268. The summed E-state index contributed by atoms with van der Waals surface area (Å²) in [4.78, 5) is 12.1. The van der Waals surface area contributed by atoms with E-state index in [0.717, 1.165) is 35.5 Å². The maximum atomic E-state index is 13.8. The number of halogens is 1. The Hall–Kier alpha value is -3.74. The SMILES string of the molecule is CC(C)c1cnn2c(NCCc3c[nH]c4ccccc34)cc(-c3cncc(F)c3)nc12. The van der Waals surface area contributed by atoms with Gasteiger partial charge in [-0.3, -0.25) is 4.98 Å². The van der Waals surface area contributed by atoms with Crippen LogP contribution in [-0.2, 0) is 6.42 Å². The Morgan fingerprint density at radius 1 is 1.13 bits per heavy atom. The van der Waals surface area contributed by atoms with Crippen LogP contribution in [0.4, 0.5) is 10.2 Å². The van der Waals surface area contributed by atoms with Crippen LogP contribution in [0.15, 0.2) is 61.2 Å². The summed E-state index contributed by atoms with van der Waals surface area (Å²) in [5.41, 5.74) is 5.51. The van der Waals surface area contributed by atoms with Gasteiger partial charge in [0.25, 0.3) is 0 Å². The summed E-state index contributed by atoms with van der Waals surface area (Å²) >= 11 is 0. The second kappa shape index (κ2) is 7.83. The van der Waals surface area contributed by atoms with Gasteiger partial charge in [0.05, 0.1) is 18.1 Å². The van der Waals surface area contributed by atoms with E-state index in [9.17, 15) is 4.39 Å². The molecule has 0 fully saturated rings. The highest BCUT2D eigenvalue weighted by molar-refractivity contribution is 5.83. The molecule has 4 aromatic heterocycles. The average Bonchev–Trinajstić information content (AvgIpc) is 3.38. The van der Waals surface area contributed by atoms with Crippen LogP contribution in [0.5, 0.6) is 0 Å². The molecule has 1 aromatic carbocycles. The quantitative estimate of drug-likeness (QED) is 0.401. The Labute approximate surface area is 179 Å². The molecule has 2 N–H and O–H groups in total. The molecule has 0 atom stereocenters. The highest BCUT2D eigenvalue weighted by atomic mass is 19.1. The van der Waals surface area contributed by atoms with Crippen LogP contribution in [0.25, 0.3) is 27.8 Å². The van der Waals surface area contributed by atoms with Crippen molar-refractivity contribution >= 4 is 22.4 Å². The number of fused-ring (bicyclic) bond motifs is 2. The first-order valence-electron chi connectivity index (χ1n) is 10.4. The van der Waals surface area contributed by atoms with Crippen LogP contribution in [0, 0.1) is 5.82 Å². The van der Waals surface area contributed by atoms with Crippen LogP contribution < -0.4 is 5.32 Å². The van der Waals surface area contributed by atoms with E-state index in [-0.39, 0.29) is 11.7 Å². The minimum atomic E-state index is -0.384. The molecule has 6 nitrogen and oxygen atoms in total. The van der Waals surface area contributed by atoms with Crippen molar-refractivity contribution < 1.29 is 4.39 Å². The van der Waals surface area contributed by atoms with Gasteiger partial charge in [0, 0.05) is 47.0 Å². The average molecular weight is 414 g/mol. The zero-order valence-corrected chi connectivity index (χ0v) is 17.4. The Bertz CT molecular complexity index is 1370. The van der Waals surface area contributed by atoms with Gasteiger partial charge < -0.3 is 10.3 Å². The summed E-state index contributed by atoms with van der Waals surface area (Å²) < 4.78 is 15.6. The second-order valence-electron chi connectivity index (χ2n) is 7.94. The highest BCUT2D eigenvalue weighted by Crippen LogP contribution is 2.27. The molecule has 0 spiro atoms. The van der Waals surface area contributed by atoms with E-state index in [1.165, 1.54) is 23.2 Å². The summed E-state index contributed by atoms with van der Waals surface area (Å²) in [6.45, 7) is 4.94. The number of pyridine rings is 1. The van der Waals surface area contributed by atoms with Gasteiger partial charge in [0.1, 0.15) is 11.6 Å². The van der Waals surface area contributed by atoms with Gasteiger partial charge in [0.2, 0.25) is 0 Å². The zero-order chi connectivity index (χ0) is 21.4. The molecule has 31 heavy (non-hydrogen) atoms. The van der Waals surface area contributed by atoms with E-state index in [2.05, 4.69) is 58.6 Å². The Kier molecular flexibility index (Phi) is 4.86. The molecule has 7 heteroatoms. The maximum absolute atomic E-state index is 13.8. The molecule has 5 aromatic rings. The van der Waals surface area contributed by atoms with Crippen LogP contribution in [0.2, 0.25) is 0 Å². The van der Waals surface area contributed by atoms with Crippen molar-refractivity contribution in [1.29, 1.82) is 0 Å². The number of anilines is 1. The second-order valence-corrected chi connectivity index (χ2v) is 7.94. The number of rotatable bonds is 6. The van der Waals surface area contributed by atoms with E-state index < -0.39 is 0 Å². The third-order valence-electron chi connectivity index (χ3n) is 5.50. The molecule has 0 aliphatic carbocycles. The van der Waals surface area contributed by atoms with E-state index in [1.807, 2.05) is 22.8 Å². The van der Waals surface area contributed by atoms with Crippen molar-refractivity contribution in [2.75, 3.05) is 11.9 Å². The van der Waals surface area contributed by atoms with Crippen molar-refractivity contribution in [2.45, 2.75) is 26.2 Å². The van der Waals surface area contributed by atoms with Crippen molar-refractivity contribution in [1.82, 2.24) is 24.6 Å². The summed E-state index contributed by atoms with van der Waals surface area (Å²) in [5, 5.41) is 9.29. The lowest BCUT2D eigenvalue weighted by molar-refractivity contribution is 0.622. The Morgan fingerprint density at radius 2 is 2.00 bits per heavy atom. The maximum Gasteiger partial charge on any atom is 0.161 e. The standard InChI is InChI=1S/C24H23FN6/c1-15(2)20-14-29-31-23(10-22(30-24(20)31)17-9-18(25)13-26-11-17)27-8-7-16-12-28-21-6-4-3-5-19(16)21/h3-6,9-15,27-28H,7-8H2,1-2H3. The normalized spacial score (nSPS) is 11.6. The lowest BCUT2D eigenvalue weighted by atomic mass is 10.1. The number of aromatic amines is 1. The van der Waals surface area contributed by atoms with Gasteiger partial charge in [-0.25, -0.2) is 9.37 Å². The summed E-state index contributed by atoms with van der Waals surface area (Å²) in [6, 6.07) is 11.6. The molecule has 0 unspecified atom stereocenters. The third-order valence-corrected chi connectivity index (χ3v) is 5.50. The number of nitrogens with one attached hydrogen (secondary N) is 2. The van der Waals surface area contributed by atoms with Crippen LogP contribution in [0.3, 0.4) is 0 Å². The van der Waals surface area contributed by atoms with E-state index >= 15 is 0 Å². The molecule has 0 aliphatic heterocycles. The van der Waals surface area contributed by atoms with Gasteiger partial charge in [-0.15, -0.1) is 0 Å². The highest BCUT2D eigenvalue weighted by Gasteiger charge is 2.15. The lowest BCUT2D eigenvalue weighted by Crippen LogP contribution is -2.10. The molecule has 4 heterocycles. The van der Waals surface area contributed by atoms with Crippen molar-refractivity contribution in [3.63, 3.8) is 0 Å².